The van der Waals surface area contributed by atoms with Crippen LogP contribution in [0.1, 0.15) is 11.1 Å². The maximum atomic E-state index is 14.5. The van der Waals surface area contributed by atoms with Gasteiger partial charge in [0.05, 0.1) is 18.8 Å². The lowest BCUT2D eigenvalue weighted by Crippen LogP contribution is -2.41. The van der Waals surface area contributed by atoms with Crippen LogP contribution in [-0.2, 0) is 14.6 Å². The van der Waals surface area contributed by atoms with E-state index in [4.69, 9.17) is 0 Å². The average molecular weight is 504 g/mol. The Bertz CT molecular complexity index is 1420. The van der Waals surface area contributed by atoms with Crippen LogP contribution in [0.3, 0.4) is 0 Å². The van der Waals surface area contributed by atoms with Gasteiger partial charge in [0.25, 0.3) is 5.95 Å². The summed E-state index contributed by atoms with van der Waals surface area (Å²) in [6, 6.07) is 16.8. The molecule has 0 aliphatic carbocycles. The molecule has 182 valence electrons. The number of aliphatic imine (C=N–C) groups is 1. The predicted molar refractivity (Wildman–Crippen MR) is 125 cm³/mol. The number of aromatic nitrogens is 1. The third-order valence-corrected chi connectivity index (χ3v) is 6.09. The standard InChI is InChI=1S/C23H20F3N5O3S/c1-35(33,34)23-19(25)21(18(24)22(26)31-23)28-12-17(32)29-16-11-27-15-10-6-5-9-14(15)20(30-16)13-7-3-2-4-8-13/h2-10,16,27H,11-12H2,1H3,(H,28,31)(H,29,32). The summed E-state index contributed by atoms with van der Waals surface area (Å²) in [5, 5.41) is 6.71. The highest BCUT2D eigenvalue weighted by atomic mass is 32.2. The highest BCUT2D eigenvalue weighted by molar-refractivity contribution is 7.90. The van der Waals surface area contributed by atoms with Crippen molar-refractivity contribution >= 4 is 32.8 Å². The first kappa shape index (κ1) is 24.2. The maximum Gasteiger partial charge on any atom is 0.252 e. The lowest BCUT2D eigenvalue weighted by Gasteiger charge is -2.16. The Hall–Kier alpha value is -3.93. The zero-order valence-corrected chi connectivity index (χ0v) is 19.2. The van der Waals surface area contributed by atoms with Crippen molar-refractivity contribution in [1.29, 1.82) is 0 Å². The van der Waals surface area contributed by atoms with E-state index in [9.17, 15) is 26.4 Å². The lowest BCUT2D eigenvalue weighted by atomic mass is 10.0. The minimum Gasteiger partial charge on any atom is -0.380 e. The Morgan fingerprint density at radius 1 is 1.06 bits per heavy atom. The van der Waals surface area contributed by atoms with Gasteiger partial charge in [0, 0.05) is 23.1 Å². The van der Waals surface area contributed by atoms with E-state index in [1.807, 2.05) is 54.6 Å². The molecule has 0 saturated heterocycles. The average Bonchev–Trinajstić information content (AvgIpc) is 3.01. The highest BCUT2D eigenvalue weighted by Crippen LogP contribution is 2.26. The van der Waals surface area contributed by atoms with Gasteiger partial charge < -0.3 is 16.0 Å². The number of carbonyl (C=O) groups excluding carboxylic acids is 1. The van der Waals surface area contributed by atoms with Crippen LogP contribution in [0, 0.1) is 17.6 Å². The van der Waals surface area contributed by atoms with Crippen molar-refractivity contribution in [3.8, 4) is 0 Å². The van der Waals surface area contributed by atoms with Gasteiger partial charge in [0.1, 0.15) is 11.9 Å². The second-order valence-electron chi connectivity index (χ2n) is 7.69. The third kappa shape index (κ3) is 5.27. The lowest BCUT2D eigenvalue weighted by molar-refractivity contribution is -0.119. The molecule has 4 rings (SSSR count). The second kappa shape index (κ2) is 9.74. The molecular weight excluding hydrogens is 483 g/mol. The summed E-state index contributed by atoms with van der Waals surface area (Å²) >= 11 is 0. The number of hydrogen-bond acceptors (Lipinski definition) is 7. The molecule has 3 N–H and O–H groups in total. The number of hydrogen-bond donors (Lipinski definition) is 3. The van der Waals surface area contributed by atoms with Crippen LogP contribution in [-0.4, -0.2) is 50.5 Å². The molecular formula is C23H20F3N5O3S. The van der Waals surface area contributed by atoms with Gasteiger partial charge in [-0.05, 0) is 6.07 Å². The van der Waals surface area contributed by atoms with Crippen LogP contribution in [0.4, 0.5) is 24.5 Å². The summed E-state index contributed by atoms with van der Waals surface area (Å²) in [7, 11) is -4.28. The summed E-state index contributed by atoms with van der Waals surface area (Å²) in [5.41, 5.74) is 2.00. The van der Waals surface area contributed by atoms with E-state index in [-0.39, 0.29) is 6.54 Å². The van der Waals surface area contributed by atoms with Crippen LogP contribution >= 0.6 is 0 Å². The summed E-state index contributed by atoms with van der Waals surface area (Å²) in [5.74, 6) is -5.87. The zero-order chi connectivity index (χ0) is 25.2. The van der Waals surface area contributed by atoms with Crippen LogP contribution in [0.2, 0.25) is 0 Å². The van der Waals surface area contributed by atoms with Gasteiger partial charge in [0.15, 0.2) is 20.7 Å². The number of benzene rings is 2. The second-order valence-corrected chi connectivity index (χ2v) is 9.62. The number of nitrogens with zero attached hydrogens (tertiary/aromatic N) is 2. The minimum absolute atomic E-state index is 0.226. The van der Waals surface area contributed by atoms with Crippen molar-refractivity contribution in [3.63, 3.8) is 0 Å². The van der Waals surface area contributed by atoms with Crippen LogP contribution in [0.25, 0.3) is 0 Å². The number of halogens is 3. The van der Waals surface area contributed by atoms with E-state index in [2.05, 4.69) is 25.9 Å². The van der Waals surface area contributed by atoms with Crippen LogP contribution in [0.5, 0.6) is 0 Å². The quantitative estimate of drug-likeness (QED) is 0.446. The van der Waals surface area contributed by atoms with Crippen molar-refractivity contribution in [3.05, 3.63) is 83.3 Å². The fraction of sp³-hybridized carbons (Fsp3) is 0.174. The molecule has 8 nitrogen and oxygen atoms in total. The van der Waals surface area contributed by atoms with Gasteiger partial charge in [-0.1, -0.05) is 48.5 Å². The summed E-state index contributed by atoms with van der Waals surface area (Å²) in [4.78, 5) is 20.1. The molecule has 1 aromatic heterocycles. The van der Waals surface area contributed by atoms with E-state index in [0.717, 1.165) is 16.8 Å². The Kier molecular flexibility index (Phi) is 6.74. The predicted octanol–water partition coefficient (Wildman–Crippen LogP) is 2.72. The first-order valence-corrected chi connectivity index (χ1v) is 12.3. The molecule has 3 aromatic rings. The first-order chi connectivity index (χ1) is 16.6. The topological polar surface area (TPSA) is 113 Å². The SMILES string of the molecule is CS(=O)(=O)c1nc(F)c(F)c(NCC(=O)NC2CNc3ccccc3C(c3ccccc3)=N2)c1F. The van der Waals surface area contributed by atoms with Gasteiger partial charge in [-0.25, -0.2) is 17.8 Å². The van der Waals surface area contributed by atoms with Crippen LogP contribution < -0.4 is 16.0 Å². The molecule has 2 aromatic carbocycles. The van der Waals surface area contributed by atoms with E-state index >= 15 is 0 Å². The number of para-hydroxylation sites is 1. The van der Waals surface area contributed by atoms with Gasteiger partial charge in [-0.15, -0.1) is 0 Å². The fourth-order valence-electron chi connectivity index (χ4n) is 3.53. The molecule has 0 spiro atoms. The van der Waals surface area contributed by atoms with Crippen molar-refractivity contribution in [2.24, 2.45) is 4.99 Å². The molecule has 2 heterocycles. The molecule has 35 heavy (non-hydrogen) atoms. The van der Waals surface area contributed by atoms with Gasteiger partial charge >= 0.3 is 0 Å². The van der Waals surface area contributed by atoms with Gasteiger partial charge in [-0.2, -0.15) is 8.78 Å². The Labute approximate surface area is 199 Å². The molecule has 1 amide bonds. The number of nitrogens with one attached hydrogen (secondary N) is 3. The molecule has 1 atom stereocenters. The number of amides is 1. The molecule has 12 heteroatoms. The van der Waals surface area contributed by atoms with Gasteiger partial charge in [-0.3, -0.25) is 9.79 Å². The number of carbonyl (C=O) groups is 1. The molecule has 1 aliphatic rings. The Morgan fingerprint density at radius 2 is 1.74 bits per heavy atom. The first-order valence-electron chi connectivity index (χ1n) is 10.4. The summed E-state index contributed by atoms with van der Waals surface area (Å²) in [6.07, 6.45) is -0.145. The van der Waals surface area contributed by atoms with Crippen molar-refractivity contribution in [1.82, 2.24) is 10.3 Å². The molecule has 0 radical (unpaired) electrons. The van der Waals surface area contributed by atoms with E-state index in [1.54, 1.807) is 0 Å². The smallest absolute Gasteiger partial charge is 0.252 e. The summed E-state index contributed by atoms with van der Waals surface area (Å²) < 4.78 is 65.6. The van der Waals surface area contributed by atoms with Crippen molar-refractivity contribution in [2.45, 2.75) is 11.2 Å². The largest absolute Gasteiger partial charge is 0.380 e. The molecule has 1 aliphatic heterocycles. The minimum atomic E-state index is -4.28. The summed E-state index contributed by atoms with van der Waals surface area (Å²) in [6.45, 7) is -0.454. The number of pyridine rings is 1. The van der Waals surface area contributed by atoms with Crippen molar-refractivity contribution < 1.29 is 26.4 Å². The molecule has 0 bridgehead atoms. The van der Waals surface area contributed by atoms with Crippen molar-refractivity contribution in [2.75, 3.05) is 30.0 Å². The van der Waals surface area contributed by atoms with E-state index in [1.165, 1.54) is 0 Å². The monoisotopic (exact) mass is 503 g/mol. The maximum absolute atomic E-state index is 14.5. The number of anilines is 2. The van der Waals surface area contributed by atoms with E-state index in [0.29, 0.717) is 12.0 Å². The molecule has 0 fully saturated rings. The zero-order valence-electron chi connectivity index (χ0n) is 18.3. The number of benzodiazepines with no additional fused rings is 1. The number of sulfone groups is 1. The highest BCUT2D eigenvalue weighted by Gasteiger charge is 2.27. The Balaban J connectivity index is 1.55. The molecule has 1 unspecified atom stereocenters. The number of rotatable bonds is 6. The normalized spacial score (nSPS) is 15.3. The van der Waals surface area contributed by atoms with E-state index < -0.39 is 56.8 Å². The fourth-order valence-corrected chi connectivity index (χ4v) is 4.20. The van der Waals surface area contributed by atoms with Crippen LogP contribution in [0.15, 0.2) is 64.6 Å². The van der Waals surface area contributed by atoms with Gasteiger partial charge in [0.2, 0.25) is 11.7 Å². The molecule has 0 saturated carbocycles. The third-order valence-electron chi connectivity index (χ3n) is 5.11. The number of fused-ring (bicyclic) bond motifs is 1. The Morgan fingerprint density at radius 3 is 2.46 bits per heavy atom.